The zero-order valence-electron chi connectivity index (χ0n) is 27.6. The number of rotatable bonds is 19. The van der Waals surface area contributed by atoms with Crippen LogP contribution in [-0.4, -0.2) is 37.7 Å². The first-order valence-corrected chi connectivity index (χ1v) is 18.1. The van der Waals surface area contributed by atoms with Crippen LogP contribution in [0.25, 0.3) is 5.57 Å². The number of ether oxygens (including phenoxy) is 2. The van der Waals surface area contributed by atoms with Crippen molar-refractivity contribution in [3.05, 3.63) is 65.2 Å². The van der Waals surface area contributed by atoms with Crippen LogP contribution < -0.4 is 9.47 Å². The van der Waals surface area contributed by atoms with E-state index in [0.717, 1.165) is 74.3 Å². The molecule has 0 unspecified atom stereocenters. The summed E-state index contributed by atoms with van der Waals surface area (Å²) in [5.74, 6) is 5.47. The van der Waals surface area contributed by atoms with Crippen LogP contribution in [0, 0.1) is 23.7 Å². The lowest BCUT2D eigenvalue weighted by atomic mass is 9.53. The molecule has 4 bridgehead atoms. The zero-order valence-corrected chi connectivity index (χ0v) is 27.6. The fourth-order valence-electron chi connectivity index (χ4n) is 8.45. The summed E-state index contributed by atoms with van der Waals surface area (Å²) in [4.78, 5) is 2.52. The van der Waals surface area contributed by atoms with Crippen LogP contribution in [0.4, 0.5) is 0 Å². The van der Waals surface area contributed by atoms with Gasteiger partial charge in [0.05, 0.1) is 13.2 Å². The van der Waals surface area contributed by atoms with Gasteiger partial charge >= 0.3 is 0 Å². The maximum absolute atomic E-state index is 6.20. The minimum absolute atomic E-state index is 0.767. The lowest BCUT2D eigenvalue weighted by Crippen LogP contribution is -2.40. The van der Waals surface area contributed by atoms with Gasteiger partial charge < -0.3 is 14.4 Å². The lowest BCUT2D eigenvalue weighted by Gasteiger charge is -2.52. The van der Waals surface area contributed by atoms with Gasteiger partial charge in [-0.05, 0) is 136 Å². The van der Waals surface area contributed by atoms with Crippen LogP contribution in [0.1, 0.15) is 122 Å². The SMILES string of the molecule is CCCCCCCOc1ccc(C(=C2C3CC4CC(C3)CC2C4)c2ccc(OCCCCCCN(CC)CC)cc2)cc1. The molecular weight excluding hydrogens is 526 g/mol. The van der Waals surface area contributed by atoms with E-state index < -0.39 is 0 Å². The quantitative estimate of drug-likeness (QED) is 0.153. The maximum atomic E-state index is 6.20. The van der Waals surface area contributed by atoms with Gasteiger partial charge in [-0.15, -0.1) is 0 Å². The first kappa shape index (κ1) is 32.1. The van der Waals surface area contributed by atoms with Crippen molar-refractivity contribution in [3.63, 3.8) is 0 Å². The molecule has 3 nitrogen and oxygen atoms in total. The molecule has 0 saturated heterocycles. The highest BCUT2D eigenvalue weighted by atomic mass is 16.5. The van der Waals surface area contributed by atoms with Crippen molar-refractivity contribution >= 4 is 5.57 Å². The highest BCUT2D eigenvalue weighted by Gasteiger charge is 2.46. The van der Waals surface area contributed by atoms with Gasteiger partial charge in [0.15, 0.2) is 0 Å². The summed E-state index contributed by atoms with van der Waals surface area (Å²) >= 11 is 0. The van der Waals surface area contributed by atoms with Crippen LogP contribution >= 0.6 is 0 Å². The maximum Gasteiger partial charge on any atom is 0.119 e. The van der Waals surface area contributed by atoms with E-state index in [9.17, 15) is 0 Å². The molecule has 0 heterocycles. The highest BCUT2D eigenvalue weighted by molar-refractivity contribution is 5.83. The van der Waals surface area contributed by atoms with Crippen molar-refractivity contribution in [1.29, 1.82) is 0 Å². The molecule has 2 aromatic rings. The number of hydrogen-bond acceptors (Lipinski definition) is 3. The molecule has 43 heavy (non-hydrogen) atoms. The third-order valence-electron chi connectivity index (χ3n) is 10.6. The van der Waals surface area contributed by atoms with Gasteiger partial charge in [-0.1, -0.05) is 89.1 Å². The average molecular weight is 586 g/mol. The van der Waals surface area contributed by atoms with Crippen LogP contribution in [0.5, 0.6) is 11.5 Å². The van der Waals surface area contributed by atoms with Crippen molar-refractivity contribution in [2.75, 3.05) is 32.8 Å². The fourth-order valence-corrected chi connectivity index (χ4v) is 8.45. The molecule has 4 saturated carbocycles. The Labute approximate surface area is 263 Å². The first-order chi connectivity index (χ1) is 21.2. The van der Waals surface area contributed by atoms with E-state index in [1.807, 2.05) is 0 Å². The molecular formula is C40H59NO2. The molecule has 0 spiro atoms. The summed E-state index contributed by atoms with van der Waals surface area (Å²) in [5.41, 5.74) is 5.97. The molecule has 236 valence electrons. The summed E-state index contributed by atoms with van der Waals surface area (Å²) < 4.78 is 12.3. The molecule has 2 aromatic carbocycles. The molecule has 0 atom stereocenters. The number of unbranched alkanes of at least 4 members (excludes halogenated alkanes) is 7. The summed E-state index contributed by atoms with van der Waals surface area (Å²) in [6.45, 7) is 12.0. The van der Waals surface area contributed by atoms with Gasteiger partial charge in [0.1, 0.15) is 11.5 Å². The molecule has 4 aliphatic carbocycles. The van der Waals surface area contributed by atoms with Gasteiger partial charge in [-0.3, -0.25) is 0 Å². The molecule has 4 fully saturated rings. The third-order valence-corrected chi connectivity index (χ3v) is 10.6. The van der Waals surface area contributed by atoms with Crippen molar-refractivity contribution in [2.45, 2.75) is 111 Å². The standard InChI is InChI=1S/C40H59NO2/c1-4-7-8-10-13-24-42-37-19-15-33(16-20-37)39(40-35-27-31-26-32(29-35)30-36(40)28-31)34-17-21-38(22-18-34)43-25-14-11-9-12-23-41(5-2)6-3/h15-22,31-32,35-36H,4-14,23-30H2,1-3H3. The molecule has 0 amide bonds. The summed E-state index contributed by atoms with van der Waals surface area (Å²) in [6, 6.07) is 18.1. The van der Waals surface area contributed by atoms with Gasteiger partial charge in [0, 0.05) is 0 Å². The number of benzene rings is 2. The van der Waals surface area contributed by atoms with E-state index in [1.54, 1.807) is 5.57 Å². The predicted molar refractivity (Wildman–Crippen MR) is 182 cm³/mol. The van der Waals surface area contributed by atoms with Gasteiger partial charge in [-0.25, -0.2) is 0 Å². The summed E-state index contributed by atoms with van der Waals surface area (Å²) in [7, 11) is 0. The van der Waals surface area contributed by atoms with Crippen LogP contribution in [0.15, 0.2) is 54.1 Å². The lowest BCUT2D eigenvalue weighted by molar-refractivity contribution is 0.0705. The molecule has 0 radical (unpaired) electrons. The number of allylic oxidation sites excluding steroid dienone is 1. The molecule has 4 aliphatic rings. The van der Waals surface area contributed by atoms with E-state index in [-0.39, 0.29) is 0 Å². The average Bonchev–Trinajstić information content (AvgIpc) is 3.02. The van der Waals surface area contributed by atoms with Crippen molar-refractivity contribution in [2.24, 2.45) is 23.7 Å². The second kappa shape index (κ2) is 16.7. The summed E-state index contributed by atoms with van der Waals surface area (Å²) in [5, 5.41) is 0. The minimum atomic E-state index is 0.767. The normalized spacial score (nSPS) is 22.4. The Morgan fingerprint density at radius 3 is 1.51 bits per heavy atom. The topological polar surface area (TPSA) is 21.7 Å². The van der Waals surface area contributed by atoms with Crippen LogP contribution in [-0.2, 0) is 0 Å². The Kier molecular flexibility index (Phi) is 12.5. The van der Waals surface area contributed by atoms with Crippen LogP contribution in [0.2, 0.25) is 0 Å². The van der Waals surface area contributed by atoms with Gasteiger partial charge in [0.25, 0.3) is 0 Å². The van der Waals surface area contributed by atoms with Crippen molar-refractivity contribution in [3.8, 4) is 11.5 Å². The molecule has 3 heteroatoms. The Morgan fingerprint density at radius 2 is 1.05 bits per heavy atom. The number of hydrogen-bond donors (Lipinski definition) is 0. The molecule has 6 rings (SSSR count). The van der Waals surface area contributed by atoms with E-state index in [0.29, 0.717) is 0 Å². The smallest absolute Gasteiger partial charge is 0.119 e. The fraction of sp³-hybridized carbons (Fsp3) is 0.650. The second-order valence-corrected chi connectivity index (χ2v) is 13.7. The first-order valence-electron chi connectivity index (χ1n) is 18.1. The molecule has 0 aliphatic heterocycles. The Bertz CT molecular complexity index is 1080. The van der Waals surface area contributed by atoms with E-state index >= 15 is 0 Å². The monoisotopic (exact) mass is 585 g/mol. The van der Waals surface area contributed by atoms with Gasteiger partial charge in [0.2, 0.25) is 0 Å². The second-order valence-electron chi connectivity index (χ2n) is 13.7. The molecule has 0 aromatic heterocycles. The van der Waals surface area contributed by atoms with E-state index in [4.69, 9.17) is 9.47 Å². The Hall–Kier alpha value is -2.26. The third kappa shape index (κ3) is 8.90. The largest absolute Gasteiger partial charge is 0.494 e. The Balaban J connectivity index is 1.22. The predicted octanol–water partition coefficient (Wildman–Crippen LogP) is 10.6. The van der Waals surface area contributed by atoms with Crippen molar-refractivity contribution in [1.82, 2.24) is 4.90 Å². The Morgan fingerprint density at radius 1 is 0.581 bits per heavy atom. The number of nitrogens with zero attached hydrogens (tertiary/aromatic N) is 1. The molecule has 0 N–H and O–H groups in total. The highest BCUT2D eigenvalue weighted by Crippen LogP contribution is 2.58. The van der Waals surface area contributed by atoms with E-state index in [2.05, 4.69) is 74.2 Å². The van der Waals surface area contributed by atoms with Crippen molar-refractivity contribution < 1.29 is 9.47 Å². The zero-order chi connectivity index (χ0) is 29.9. The van der Waals surface area contributed by atoms with E-state index in [1.165, 1.54) is 100 Å². The minimum Gasteiger partial charge on any atom is -0.494 e. The summed E-state index contributed by atoms with van der Waals surface area (Å²) in [6.07, 6.45) is 18.4. The van der Waals surface area contributed by atoms with Crippen LogP contribution in [0.3, 0.4) is 0 Å². The van der Waals surface area contributed by atoms with Gasteiger partial charge in [-0.2, -0.15) is 0 Å².